The molecule has 2 amide bonds. The minimum atomic E-state index is -0.557. The summed E-state index contributed by atoms with van der Waals surface area (Å²) in [4.78, 5) is 31.9. The minimum absolute atomic E-state index is 0.0495. The number of aliphatic imine (C=N–C) groups is 1. The Kier molecular flexibility index (Phi) is 7.69. The lowest BCUT2D eigenvalue weighted by molar-refractivity contribution is -0.128. The zero-order valence-corrected chi connectivity index (χ0v) is 20.3. The maximum atomic E-state index is 13.0. The second-order valence-electron chi connectivity index (χ2n) is 7.26. The Morgan fingerprint density at radius 2 is 1.84 bits per heavy atom. The van der Waals surface area contributed by atoms with Crippen molar-refractivity contribution < 1.29 is 19.1 Å². The summed E-state index contributed by atoms with van der Waals surface area (Å²) in [6.45, 7) is 6.18. The van der Waals surface area contributed by atoms with E-state index >= 15 is 0 Å². The number of thioether (sulfide) groups is 1. The molecule has 7 nitrogen and oxygen atoms in total. The average Bonchev–Trinajstić information content (AvgIpc) is 3.05. The molecule has 9 heteroatoms. The molecule has 1 saturated heterocycles. The molecule has 0 aromatic heterocycles. The molecule has 1 heterocycles. The number of nitrogens with one attached hydrogen (secondary N) is 1. The van der Waals surface area contributed by atoms with Crippen molar-refractivity contribution in [2.45, 2.75) is 32.4 Å². The number of anilines is 1. The number of amidine groups is 1. The van der Waals surface area contributed by atoms with E-state index in [9.17, 15) is 9.59 Å². The molecule has 1 atom stereocenters. The van der Waals surface area contributed by atoms with Crippen LogP contribution in [0.25, 0.3) is 0 Å². The van der Waals surface area contributed by atoms with Gasteiger partial charge in [0.25, 0.3) is 0 Å². The van der Waals surface area contributed by atoms with Crippen LogP contribution in [0, 0.1) is 13.8 Å². The number of ether oxygens (including phenoxy) is 2. The van der Waals surface area contributed by atoms with Crippen LogP contribution in [0.3, 0.4) is 0 Å². The zero-order valence-electron chi connectivity index (χ0n) is 18.7. The molecule has 32 heavy (non-hydrogen) atoms. The summed E-state index contributed by atoms with van der Waals surface area (Å²) in [6.07, 6.45) is 0.0495. The first kappa shape index (κ1) is 23.9. The van der Waals surface area contributed by atoms with Crippen molar-refractivity contribution in [2.24, 2.45) is 4.99 Å². The Labute approximate surface area is 197 Å². The van der Waals surface area contributed by atoms with Crippen molar-refractivity contribution in [1.82, 2.24) is 4.90 Å². The summed E-state index contributed by atoms with van der Waals surface area (Å²) in [5.41, 5.74) is 3.23. The lowest BCUT2D eigenvalue weighted by Crippen LogP contribution is -2.33. The monoisotopic (exact) mass is 475 g/mol. The number of aryl methyl sites for hydroxylation is 2. The fraction of sp³-hybridized carbons (Fsp3) is 0.348. The van der Waals surface area contributed by atoms with E-state index in [0.29, 0.717) is 33.9 Å². The summed E-state index contributed by atoms with van der Waals surface area (Å²) in [6, 6.07) is 9.10. The highest BCUT2D eigenvalue weighted by Gasteiger charge is 2.38. The van der Waals surface area contributed by atoms with Crippen molar-refractivity contribution in [1.29, 1.82) is 0 Å². The van der Waals surface area contributed by atoms with Crippen molar-refractivity contribution in [3.8, 4) is 11.5 Å². The molecule has 0 radical (unpaired) electrons. The molecule has 0 spiro atoms. The number of methoxy groups -OCH3 is 2. The van der Waals surface area contributed by atoms with Gasteiger partial charge in [0.15, 0.2) is 5.17 Å². The van der Waals surface area contributed by atoms with Gasteiger partial charge in [-0.15, -0.1) is 0 Å². The molecule has 1 aliphatic heterocycles. The quantitative estimate of drug-likeness (QED) is 0.612. The third kappa shape index (κ3) is 5.02. The first-order valence-electron chi connectivity index (χ1n) is 10.1. The molecule has 0 saturated carbocycles. The average molecular weight is 476 g/mol. The van der Waals surface area contributed by atoms with Crippen LogP contribution in [0.2, 0.25) is 5.02 Å². The summed E-state index contributed by atoms with van der Waals surface area (Å²) in [7, 11) is 3.04. The van der Waals surface area contributed by atoms with Crippen LogP contribution in [-0.2, 0) is 9.59 Å². The third-order valence-electron chi connectivity index (χ3n) is 5.12. The molecule has 1 unspecified atom stereocenters. The van der Waals surface area contributed by atoms with Crippen molar-refractivity contribution in [3.63, 3.8) is 0 Å². The van der Waals surface area contributed by atoms with E-state index in [-0.39, 0.29) is 18.2 Å². The molecule has 2 aromatic carbocycles. The molecule has 1 N–H and O–H groups in total. The predicted molar refractivity (Wildman–Crippen MR) is 130 cm³/mol. The smallest absolute Gasteiger partial charge is 0.242 e. The highest BCUT2D eigenvalue weighted by molar-refractivity contribution is 8.15. The Morgan fingerprint density at radius 1 is 1.19 bits per heavy atom. The van der Waals surface area contributed by atoms with Crippen molar-refractivity contribution >= 4 is 51.7 Å². The number of halogens is 1. The molecular weight excluding hydrogens is 450 g/mol. The number of hydrogen-bond acceptors (Lipinski definition) is 6. The molecule has 0 aliphatic carbocycles. The number of amides is 2. The lowest BCUT2D eigenvalue weighted by Gasteiger charge is -2.15. The van der Waals surface area contributed by atoms with E-state index in [1.165, 1.54) is 26.0 Å². The maximum absolute atomic E-state index is 13.0. The van der Waals surface area contributed by atoms with Gasteiger partial charge in [0, 0.05) is 30.8 Å². The Morgan fingerprint density at radius 3 is 2.44 bits per heavy atom. The molecule has 0 bridgehead atoms. The summed E-state index contributed by atoms with van der Waals surface area (Å²) < 4.78 is 10.7. The third-order valence-corrected chi connectivity index (χ3v) is 6.59. The molecule has 2 aromatic rings. The van der Waals surface area contributed by atoms with Gasteiger partial charge in [-0.2, -0.15) is 0 Å². The fourth-order valence-corrected chi connectivity index (χ4v) is 4.87. The van der Waals surface area contributed by atoms with Crippen LogP contribution in [0.4, 0.5) is 11.4 Å². The van der Waals surface area contributed by atoms with Crippen LogP contribution in [0.5, 0.6) is 11.5 Å². The molecule has 1 fully saturated rings. The van der Waals surface area contributed by atoms with E-state index < -0.39 is 5.25 Å². The largest absolute Gasteiger partial charge is 0.495 e. The number of nitrogens with zero attached hydrogens (tertiary/aromatic N) is 2. The van der Waals surface area contributed by atoms with Crippen LogP contribution in [0.1, 0.15) is 24.5 Å². The Balaban J connectivity index is 1.83. The fourth-order valence-electron chi connectivity index (χ4n) is 3.42. The maximum Gasteiger partial charge on any atom is 0.242 e. The molecule has 3 rings (SSSR count). The summed E-state index contributed by atoms with van der Waals surface area (Å²) in [5.74, 6) is 0.557. The van der Waals surface area contributed by atoms with Gasteiger partial charge in [-0.25, -0.2) is 4.99 Å². The summed E-state index contributed by atoms with van der Waals surface area (Å²) >= 11 is 7.44. The second kappa shape index (κ2) is 10.3. The van der Waals surface area contributed by atoms with Crippen LogP contribution in [0.15, 0.2) is 35.3 Å². The van der Waals surface area contributed by atoms with Crippen LogP contribution < -0.4 is 14.8 Å². The van der Waals surface area contributed by atoms with Gasteiger partial charge in [0.1, 0.15) is 22.4 Å². The lowest BCUT2D eigenvalue weighted by atomic mass is 10.1. The molecule has 170 valence electrons. The number of para-hydroxylation sites is 1. The van der Waals surface area contributed by atoms with Crippen molar-refractivity contribution in [2.75, 3.05) is 26.1 Å². The van der Waals surface area contributed by atoms with Gasteiger partial charge in [-0.1, -0.05) is 41.6 Å². The van der Waals surface area contributed by atoms with Gasteiger partial charge >= 0.3 is 0 Å². The van der Waals surface area contributed by atoms with E-state index in [2.05, 4.69) is 10.3 Å². The van der Waals surface area contributed by atoms with Gasteiger partial charge in [0.2, 0.25) is 11.8 Å². The standard InChI is InChI=1S/C23H26ClN3O4S/c1-6-27-22(29)19(12-20(28)26-21-13(2)8-7-9-14(21)3)32-23(27)25-16-11-17(30-4)15(24)10-18(16)31-5/h7-11,19H,6,12H2,1-5H3,(H,26,28). The molecular formula is C23H26ClN3O4S. The second-order valence-corrected chi connectivity index (χ2v) is 8.84. The number of hydrogen-bond donors (Lipinski definition) is 1. The van der Waals surface area contributed by atoms with Crippen LogP contribution >= 0.6 is 23.4 Å². The van der Waals surface area contributed by atoms with E-state index in [1.54, 1.807) is 17.0 Å². The van der Waals surface area contributed by atoms with Crippen LogP contribution in [-0.4, -0.2) is 47.9 Å². The summed E-state index contributed by atoms with van der Waals surface area (Å²) in [5, 5.41) is 3.30. The highest BCUT2D eigenvalue weighted by Crippen LogP contribution is 2.40. The van der Waals surface area contributed by atoms with Gasteiger partial charge in [-0.05, 0) is 31.9 Å². The Bertz CT molecular complexity index is 1050. The molecule has 1 aliphatic rings. The number of carbonyl (C=O) groups excluding carboxylic acids is 2. The first-order valence-corrected chi connectivity index (χ1v) is 11.4. The zero-order chi connectivity index (χ0) is 23.4. The van der Waals surface area contributed by atoms with Gasteiger partial charge in [-0.3, -0.25) is 14.5 Å². The number of carbonyl (C=O) groups is 2. The van der Waals surface area contributed by atoms with E-state index in [1.807, 2.05) is 39.0 Å². The SMILES string of the molecule is CCN1C(=O)C(CC(=O)Nc2c(C)cccc2C)SC1=Nc1cc(OC)c(Cl)cc1OC. The van der Waals surface area contributed by atoms with Crippen molar-refractivity contribution in [3.05, 3.63) is 46.5 Å². The first-order chi connectivity index (χ1) is 15.3. The van der Waals surface area contributed by atoms with E-state index in [0.717, 1.165) is 16.8 Å². The Hall–Kier alpha value is -2.71. The van der Waals surface area contributed by atoms with Gasteiger partial charge < -0.3 is 14.8 Å². The van der Waals surface area contributed by atoms with Gasteiger partial charge in [0.05, 0.1) is 19.2 Å². The topological polar surface area (TPSA) is 80.2 Å². The van der Waals surface area contributed by atoms with E-state index in [4.69, 9.17) is 21.1 Å². The predicted octanol–water partition coefficient (Wildman–Crippen LogP) is 4.95. The minimum Gasteiger partial charge on any atom is -0.495 e. The highest BCUT2D eigenvalue weighted by atomic mass is 35.5. The normalized spacial score (nSPS) is 17.1. The number of benzene rings is 2. The number of rotatable bonds is 7.